The van der Waals surface area contributed by atoms with Crippen LogP contribution in [0.1, 0.15) is 37.7 Å². The first kappa shape index (κ1) is 39.7. The molecular weight excluding hydrogens is 747 g/mol. The van der Waals surface area contributed by atoms with Crippen molar-refractivity contribution in [3.63, 3.8) is 0 Å². The van der Waals surface area contributed by atoms with Gasteiger partial charge in [-0.05, 0) is 70.3 Å². The van der Waals surface area contributed by atoms with E-state index in [0.717, 1.165) is 24.8 Å². The van der Waals surface area contributed by atoms with Crippen LogP contribution in [0.4, 0.5) is 9.59 Å². The second-order valence-electron chi connectivity index (χ2n) is 12.0. The molecule has 6 rings (SSSR count). The van der Waals surface area contributed by atoms with Crippen molar-refractivity contribution in [2.45, 2.75) is 72.4 Å². The van der Waals surface area contributed by atoms with Gasteiger partial charge in [0, 0.05) is 55.4 Å². The number of carbonyl (C=O) groups excluding carboxylic acids is 1. The van der Waals surface area contributed by atoms with Crippen molar-refractivity contribution in [2.24, 2.45) is 0 Å². The molecule has 54 heavy (non-hydrogen) atoms. The number of hydrogen-bond donors (Lipinski definition) is 3. The number of carboxylic acid groups (broad SMARTS) is 3. The van der Waals surface area contributed by atoms with Gasteiger partial charge in [-0.25, -0.2) is 23.9 Å². The second kappa shape index (κ2) is 20.1. The number of aromatic nitrogens is 9. The van der Waals surface area contributed by atoms with E-state index in [1.54, 1.807) is 23.2 Å². The molecule has 2 saturated heterocycles. The number of hydrogen-bond acceptors (Lipinski definition) is 15. The normalized spacial score (nSPS) is 14.9. The molecule has 22 heteroatoms. The minimum Gasteiger partial charge on any atom is -0.481 e. The van der Waals surface area contributed by atoms with Crippen molar-refractivity contribution >= 4 is 47.6 Å². The number of piperidine rings is 2. The number of carboxylic acids is 2. The minimum absolute atomic E-state index is 0.0389. The van der Waals surface area contributed by atoms with Gasteiger partial charge in [-0.2, -0.15) is 0 Å². The second-order valence-corrected chi connectivity index (χ2v) is 14.5. The molecule has 0 aliphatic carbocycles. The van der Waals surface area contributed by atoms with Crippen LogP contribution in [-0.2, 0) is 29.1 Å². The molecule has 0 spiro atoms. The van der Waals surface area contributed by atoms with Crippen LogP contribution in [0.5, 0.6) is 11.6 Å². The van der Waals surface area contributed by atoms with Crippen molar-refractivity contribution in [1.29, 1.82) is 0 Å². The number of aryl methyl sites for hydroxylation is 1. The van der Waals surface area contributed by atoms with E-state index >= 15 is 0 Å². The van der Waals surface area contributed by atoms with Crippen molar-refractivity contribution in [3.8, 4) is 11.6 Å². The van der Waals surface area contributed by atoms with Crippen molar-refractivity contribution in [1.82, 2.24) is 55.2 Å². The fraction of sp³-hybridized carbons (Fsp3) is 0.469. The van der Waals surface area contributed by atoms with Crippen LogP contribution in [0.15, 0.2) is 59.0 Å². The number of nitrogens with zero attached hydrogens (tertiary/aromatic N) is 11. The summed E-state index contributed by atoms with van der Waals surface area (Å²) in [5, 5.41) is 50.3. The van der Waals surface area contributed by atoms with E-state index in [9.17, 15) is 19.2 Å². The van der Waals surface area contributed by atoms with Crippen LogP contribution in [0, 0.1) is 0 Å². The Morgan fingerprint density at radius 3 is 1.94 bits per heavy atom. The number of pyridine rings is 1. The third-order valence-corrected chi connectivity index (χ3v) is 10.8. The Balaban J connectivity index is 0.000000249. The smallest absolute Gasteiger partial charge is 0.415 e. The van der Waals surface area contributed by atoms with Crippen LogP contribution < -0.4 is 9.47 Å². The summed E-state index contributed by atoms with van der Waals surface area (Å²) in [4.78, 5) is 52.0. The van der Waals surface area contributed by atoms with Gasteiger partial charge in [-0.1, -0.05) is 41.7 Å². The summed E-state index contributed by atoms with van der Waals surface area (Å²) >= 11 is 2.91. The highest BCUT2D eigenvalue weighted by molar-refractivity contribution is 8.00. The molecule has 0 bridgehead atoms. The first-order valence-corrected chi connectivity index (χ1v) is 18.8. The van der Waals surface area contributed by atoms with Gasteiger partial charge in [0.05, 0.1) is 19.6 Å². The fourth-order valence-corrected chi connectivity index (χ4v) is 7.47. The van der Waals surface area contributed by atoms with Crippen LogP contribution in [0.25, 0.3) is 0 Å². The van der Waals surface area contributed by atoms with E-state index in [0.29, 0.717) is 67.6 Å². The fourth-order valence-electron chi connectivity index (χ4n) is 5.35. The number of thioether (sulfide) groups is 2. The molecule has 2 aliphatic rings. The monoisotopic (exact) mass is 785 g/mol. The van der Waals surface area contributed by atoms with Crippen LogP contribution >= 0.6 is 23.5 Å². The molecule has 20 nitrogen and oxygen atoms in total. The van der Waals surface area contributed by atoms with Gasteiger partial charge in [-0.15, -0.1) is 10.2 Å². The zero-order chi connectivity index (χ0) is 38.3. The average Bonchev–Trinajstić information content (AvgIpc) is 3.80. The number of benzene rings is 1. The lowest BCUT2D eigenvalue weighted by molar-refractivity contribution is -0.138. The Kier molecular flexibility index (Phi) is 14.8. The molecule has 3 N–H and O–H groups in total. The number of amides is 2. The van der Waals surface area contributed by atoms with Gasteiger partial charge in [0.2, 0.25) is 16.2 Å². The third-order valence-electron chi connectivity index (χ3n) is 8.18. The number of carbonyl (C=O) groups is 4. The highest BCUT2D eigenvalue weighted by atomic mass is 32.2. The van der Waals surface area contributed by atoms with E-state index in [-0.39, 0.29) is 36.1 Å². The third kappa shape index (κ3) is 12.6. The molecule has 1 aromatic carbocycles. The molecule has 4 aromatic rings. The van der Waals surface area contributed by atoms with Crippen LogP contribution in [0.3, 0.4) is 0 Å². The van der Waals surface area contributed by atoms with E-state index in [1.807, 2.05) is 30.3 Å². The van der Waals surface area contributed by atoms with E-state index in [2.05, 4.69) is 36.0 Å². The summed E-state index contributed by atoms with van der Waals surface area (Å²) in [6.07, 6.45) is 4.04. The summed E-state index contributed by atoms with van der Waals surface area (Å²) in [5.41, 5.74) is 1.07. The molecule has 2 fully saturated rings. The van der Waals surface area contributed by atoms with E-state index in [1.165, 1.54) is 37.8 Å². The van der Waals surface area contributed by atoms with Gasteiger partial charge in [0.25, 0.3) is 0 Å². The highest BCUT2D eigenvalue weighted by Crippen LogP contribution is 2.30. The van der Waals surface area contributed by atoms with Gasteiger partial charge < -0.3 is 34.6 Å². The zero-order valence-electron chi connectivity index (χ0n) is 29.0. The predicted octanol–water partition coefficient (Wildman–Crippen LogP) is 2.91. The lowest BCUT2D eigenvalue weighted by Crippen LogP contribution is -2.41. The lowest BCUT2D eigenvalue weighted by Gasteiger charge is -2.30. The number of tetrazole rings is 2. The van der Waals surface area contributed by atoms with Crippen molar-refractivity contribution in [2.75, 3.05) is 32.8 Å². The topological polar surface area (TPSA) is 254 Å². The maximum absolute atomic E-state index is 12.6. The quantitative estimate of drug-likeness (QED) is 0.166. The molecule has 288 valence electrons. The first-order chi connectivity index (χ1) is 26.1. The molecule has 2 amide bonds. The first-order valence-electron chi connectivity index (χ1n) is 17.0. The Hall–Kier alpha value is -5.51. The van der Waals surface area contributed by atoms with Crippen LogP contribution in [0.2, 0.25) is 0 Å². The summed E-state index contributed by atoms with van der Waals surface area (Å²) in [6, 6.07) is 12.9. The standard InChI is InChI=1S/C23H26N6O5S.C9H13N5O4S/c30-21(31)10-15-29-22(25-26-27-29)35-19-8-13-28(14-9-19)23(32)34-18-6-4-17(5-7-18)11-16-33-20-3-1-2-12-24-20;15-7(16)5-14-8(10-11-12-14)19-6-1-3-13(4-2-6)9(17)18/h1-7,12,19H,8-11,13-16H2,(H,30,31);6H,1-5H2,(H,15,16)(H,17,18). The zero-order valence-corrected chi connectivity index (χ0v) is 30.6. The Labute approximate surface area is 317 Å². The summed E-state index contributed by atoms with van der Waals surface area (Å²) < 4.78 is 13.9. The van der Waals surface area contributed by atoms with Crippen molar-refractivity contribution < 1.29 is 44.0 Å². The van der Waals surface area contributed by atoms with Gasteiger partial charge in [-0.3, -0.25) is 9.59 Å². The Morgan fingerprint density at radius 1 is 0.759 bits per heavy atom. The average molecular weight is 786 g/mol. The summed E-state index contributed by atoms with van der Waals surface area (Å²) in [7, 11) is 0. The predicted molar refractivity (Wildman–Crippen MR) is 190 cm³/mol. The molecular formula is C32H39N11O9S2. The number of ether oxygens (including phenoxy) is 2. The summed E-state index contributed by atoms with van der Waals surface area (Å²) in [6.45, 7) is 2.55. The number of aliphatic carboxylic acids is 2. The molecule has 0 atom stereocenters. The molecule has 0 radical (unpaired) electrons. The maximum Gasteiger partial charge on any atom is 0.415 e. The molecule has 3 aromatic heterocycles. The molecule has 0 unspecified atom stereocenters. The minimum atomic E-state index is -1.00. The summed E-state index contributed by atoms with van der Waals surface area (Å²) in [5.74, 6) is -0.808. The molecule has 2 aliphatic heterocycles. The molecule has 5 heterocycles. The SMILES string of the molecule is O=C(O)CCn1nnnc1SC1CCN(C(=O)Oc2ccc(CCOc3ccccn3)cc2)CC1.O=C(O)Cn1nnnc1SC1CCN(C(=O)O)CC1. The Morgan fingerprint density at radius 2 is 1.37 bits per heavy atom. The largest absolute Gasteiger partial charge is 0.481 e. The Bertz CT molecular complexity index is 1820. The van der Waals surface area contributed by atoms with Gasteiger partial charge in [0.15, 0.2) is 0 Å². The van der Waals surface area contributed by atoms with E-state index in [4.69, 9.17) is 24.8 Å². The van der Waals surface area contributed by atoms with Crippen molar-refractivity contribution in [3.05, 3.63) is 54.2 Å². The highest BCUT2D eigenvalue weighted by Gasteiger charge is 2.27. The number of likely N-dealkylation sites (tertiary alicyclic amines) is 2. The van der Waals surface area contributed by atoms with Gasteiger partial charge in [0.1, 0.15) is 12.3 Å². The van der Waals surface area contributed by atoms with Gasteiger partial charge >= 0.3 is 24.1 Å². The molecule has 0 saturated carbocycles. The maximum atomic E-state index is 12.6. The van der Waals surface area contributed by atoms with E-state index < -0.39 is 18.0 Å². The number of rotatable bonds is 14. The van der Waals surface area contributed by atoms with Crippen LogP contribution in [-0.4, -0.2) is 138 Å². The lowest BCUT2D eigenvalue weighted by atomic mass is 10.1.